The minimum absolute atomic E-state index is 0.0920. The molecule has 1 heterocycles. The Morgan fingerprint density at radius 3 is 2.50 bits per heavy atom. The summed E-state index contributed by atoms with van der Waals surface area (Å²) in [5.74, 6) is 0. The van der Waals surface area contributed by atoms with Crippen molar-refractivity contribution in [3.63, 3.8) is 0 Å². The highest BCUT2D eigenvalue weighted by atomic mass is 16.7. The van der Waals surface area contributed by atoms with Crippen molar-refractivity contribution in [2.24, 2.45) is 0 Å². The van der Waals surface area contributed by atoms with Gasteiger partial charge in [-0.05, 0) is 20.3 Å². The molecular formula is C12H25NO3. The van der Waals surface area contributed by atoms with Crippen LogP contribution in [0.3, 0.4) is 0 Å². The lowest BCUT2D eigenvalue weighted by Gasteiger charge is -2.34. The molecule has 0 radical (unpaired) electrons. The van der Waals surface area contributed by atoms with Gasteiger partial charge in [-0.1, -0.05) is 6.92 Å². The zero-order valence-corrected chi connectivity index (χ0v) is 10.8. The van der Waals surface area contributed by atoms with Crippen LogP contribution in [0, 0.1) is 0 Å². The smallest absolute Gasteiger partial charge is 0.170 e. The third-order valence-electron chi connectivity index (χ3n) is 2.79. The van der Waals surface area contributed by atoms with Gasteiger partial charge in [0.05, 0.1) is 12.7 Å². The lowest BCUT2D eigenvalue weighted by Crippen LogP contribution is -2.46. The van der Waals surface area contributed by atoms with Gasteiger partial charge in [-0.3, -0.25) is 4.90 Å². The van der Waals surface area contributed by atoms with Crippen molar-refractivity contribution in [3.8, 4) is 0 Å². The summed E-state index contributed by atoms with van der Waals surface area (Å²) in [5.41, 5.74) is 0. The number of rotatable bonds is 7. The van der Waals surface area contributed by atoms with E-state index in [1.807, 2.05) is 13.8 Å². The Kier molecular flexibility index (Phi) is 6.96. The molecule has 0 saturated carbocycles. The zero-order chi connectivity index (χ0) is 11.8. The molecule has 4 heteroatoms. The highest BCUT2D eigenvalue weighted by molar-refractivity contribution is 4.71. The molecule has 1 atom stereocenters. The van der Waals surface area contributed by atoms with Gasteiger partial charge in [-0.15, -0.1) is 0 Å². The number of hydrogen-bond acceptors (Lipinski definition) is 4. The molecule has 0 bridgehead atoms. The molecule has 16 heavy (non-hydrogen) atoms. The number of hydrogen-bond donors (Lipinski definition) is 0. The van der Waals surface area contributed by atoms with E-state index in [0.717, 1.165) is 32.7 Å². The third-order valence-corrected chi connectivity index (χ3v) is 2.79. The van der Waals surface area contributed by atoms with Gasteiger partial charge in [0, 0.05) is 32.8 Å². The van der Waals surface area contributed by atoms with E-state index in [4.69, 9.17) is 14.2 Å². The van der Waals surface area contributed by atoms with Gasteiger partial charge in [0.2, 0.25) is 0 Å². The van der Waals surface area contributed by atoms with Crippen molar-refractivity contribution in [1.82, 2.24) is 4.90 Å². The van der Waals surface area contributed by atoms with E-state index < -0.39 is 0 Å². The maximum absolute atomic E-state index is 5.64. The number of morpholine rings is 1. The third kappa shape index (κ3) is 4.78. The van der Waals surface area contributed by atoms with Crippen LogP contribution >= 0.6 is 0 Å². The predicted octanol–water partition coefficient (Wildman–Crippen LogP) is 1.50. The minimum atomic E-state index is -0.0920. The first kappa shape index (κ1) is 13.9. The zero-order valence-electron chi connectivity index (χ0n) is 10.8. The summed E-state index contributed by atoms with van der Waals surface area (Å²) in [6.45, 7) is 11.2. The molecule has 1 aliphatic rings. The van der Waals surface area contributed by atoms with E-state index in [2.05, 4.69) is 11.8 Å². The second-order valence-electron chi connectivity index (χ2n) is 4.00. The topological polar surface area (TPSA) is 30.9 Å². The van der Waals surface area contributed by atoms with Crippen LogP contribution in [-0.4, -0.2) is 56.7 Å². The maximum Gasteiger partial charge on any atom is 0.170 e. The van der Waals surface area contributed by atoms with Gasteiger partial charge < -0.3 is 14.2 Å². The van der Waals surface area contributed by atoms with Crippen LogP contribution in [0.4, 0.5) is 0 Å². The summed E-state index contributed by atoms with van der Waals surface area (Å²) in [7, 11) is 0. The van der Waals surface area contributed by atoms with Crippen molar-refractivity contribution >= 4 is 0 Å². The Labute approximate surface area is 98.8 Å². The summed E-state index contributed by atoms with van der Waals surface area (Å²) >= 11 is 0. The first-order valence-corrected chi connectivity index (χ1v) is 6.37. The predicted molar refractivity (Wildman–Crippen MR) is 63.5 cm³/mol. The van der Waals surface area contributed by atoms with Gasteiger partial charge in [0.1, 0.15) is 0 Å². The molecule has 1 fully saturated rings. The highest BCUT2D eigenvalue weighted by Crippen LogP contribution is 2.10. The van der Waals surface area contributed by atoms with E-state index in [0.29, 0.717) is 19.3 Å². The first-order valence-electron chi connectivity index (χ1n) is 6.37. The van der Waals surface area contributed by atoms with Crippen LogP contribution in [0.25, 0.3) is 0 Å². The molecule has 0 aliphatic carbocycles. The molecular weight excluding hydrogens is 206 g/mol. The normalized spacial score (nSPS) is 22.9. The van der Waals surface area contributed by atoms with Crippen molar-refractivity contribution in [2.45, 2.75) is 39.6 Å². The Bertz CT molecular complexity index is 172. The van der Waals surface area contributed by atoms with Crippen molar-refractivity contribution in [3.05, 3.63) is 0 Å². The standard InChI is InChI=1S/C12H25NO3/c1-4-11-9-13(7-8-16-11)10-12(14-5-2)15-6-3/h11-12H,4-10H2,1-3H3. The van der Waals surface area contributed by atoms with Crippen LogP contribution in [0.1, 0.15) is 27.2 Å². The molecule has 0 aromatic carbocycles. The average molecular weight is 231 g/mol. The van der Waals surface area contributed by atoms with Crippen LogP contribution in [0.15, 0.2) is 0 Å². The Morgan fingerprint density at radius 2 is 1.94 bits per heavy atom. The first-order chi connectivity index (χ1) is 7.80. The summed E-state index contributed by atoms with van der Waals surface area (Å²) in [6, 6.07) is 0. The van der Waals surface area contributed by atoms with Crippen molar-refractivity contribution in [2.75, 3.05) is 39.5 Å². The molecule has 1 aliphatic heterocycles. The summed E-state index contributed by atoms with van der Waals surface area (Å²) in [5, 5.41) is 0. The fourth-order valence-corrected chi connectivity index (χ4v) is 1.93. The van der Waals surface area contributed by atoms with Gasteiger partial charge >= 0.3 is 0 Å². The molecule has 0 N–H and O–H groups in total. The lowest BCUT2D eigenvalue weighted by atomic mass is 10.2. The maximum atomic E-state index is 5.64. The largest absolute Gasteiger partial charge is 0.376 e. The fraction of sp³-hybridized carbons (Fsp3) is 1.00. The van der Waals surface area contributed by atoms with E-state index in [1.165, 1.54) is 0 Å². The molecule has 4 nitrogen and oxygen atoms in total. The van der Waals surface area contributed by atoms with Gasteiger partial charge in [0.15, 0.2) is 6.29 Å². The highest BCUT2D eigenvalue weighted by Gasteiger charge is 2.22. The SMILES string of the molecule is CCOC(CN1CCOC(CC)C1)OCC. The van der Waals surface area contributed by atoms with Crippen LogP contribution in [-0.2, 0) is 14.2 Å². The van der Waals surface area contributed by atoms with Gasteiger partial charge in [0.25, 0.3) is 0 Å². The Balaban J connectivity index is 2.31. The van der Waals surface area contributed by atoms with Gasteiger partial charge in [-0.2, -0.15) is 0 Å². The monoisotopic (exact) mass is 231 g/mol. The quantitative estimate of drug-likeness (QED) is 0.621. The Hall–Kier alpha value is -0.160. The second kappa shape index (κ2) is 8.01. The van der Waals surface area contributed by atoms with Crippen molar-refractivity contribution in [1.29, 1.82) is 0 Å². The summed E-state index contributed by atoms with van der Waals surface area (Å²) in [4.78, 5) is 2.37. The summed E-state index contributed by atoms with van der Waals surface area (Å²) in [6.07, 6.45) is 1.35. The van der Waals surface area contributed by atoms with Crippen molar-refractivity contribution < 1.29 is 14.2 Å². The molecule has 96 valence electrons. The Morgan fingerprint density at radius 1 is 1.25 bits per heavy atom. The molecule has 1 saturated heterocycles. The number of ether oxygens (including phenoxy) is 3. The van der Waals surface area contributed by atoms with E-state index in [-0.39, 0.29) is 6.29 Å². The van der Waals surface area contributed by atoms with E-state index >= 15 is 0 Å². The average Bonchev–Trinajstić information content (AvgIpc) is 2.30. The van der Waals surface area contributed by atoms with E-state index in [1.54, 1.807) is 0 Å². The molecule has 0 aromatic rings. The molecule has 0 aromatic heterocycles. The molecule has 1 rings (SSSR count). The minimum Gasteiger partial charge on any atom is -0.376 e. The fourth-order valence-electron chi connectivity index (χ4n) is 1.93. The van der Waals surface area contributed by atoms with Crippen LogP contribution in [0.2, 0.25) is 0 Å². The molecule has 0 spiro atoms. The van der Waals surface area contributed by atoms with Crippen LogP contribution in [0.5, 0.6) is 0 Å². The number of nitrogens with zero attached hydrogens (tertiary/aromatic N) is 1. The molecule has 0 amide bonds. The molecule has 1 unspecified atom stereocenters. The lowest BCUT2D eigenvalue weighted by molar-refractivity contribution is -0.156. The van der Waals surface area contributed by atoms with Gasteiger partial charge in [-0.25, -0.2) is 0 Å². The second-order valence-corrected chi connectivity index (χ2v) is 4.00. The van der Waals surface area contributed by atoms with E-state index in [9.17, 15) is 0 Å². The van der Waals surface area contributed by atoms with Crippen LogP contribution < -0.4 is 0 Å². The summed E-state index contributed by atoms with van der Waals surface area (Å²) < 4.78 is 16.7.